The summed E-state index contributed by atoms with van der Waals surface area (Å²) in [6.07, 6.45) is 2.51. The number of aromatic hydroxyl groups is 1. The summed E-state index contributed by atoms with van der Waals surface area (Å²) in [4.78, 5) is 12.2. The third-order valence-electron chi connectivity index (χ3n) is 3.41. The highest BCUT2D eigenvalue weighted by molar-refractivity contribution is 7.88. The number of hydrogen-bond donors (Lipinski definition) is 2. The molecule has 2 N–H and O–H groups in total. The first-order chi connectivity index (χ1) is 9.79. The number of phenolic OH excluding ortho intramolecular Hbond substituents is 1. The van der Waals surface area contributed by atoms with Crippen LogP contribution in [0.5, 0.6) is 5.75 Å². The Balaban J connectivity index is 2.10. The molecule has 1 amide bonds. The molecule has 1 aliphatic rings. The van der Waals surface area contributed by atoms with E-state index in [0.717, 1.165) is 6.26 Å². The summed E-state index contributed by atoms with van der Waals surface area (Å²) in [6, 6.07) is 4.14. The van der Waals surface area contributed by atoms with E-state index >= 15 is 0 Å². The number of nitrogens with zero attached hydrogens (tertiary/aromatic N) is 1. The Hall–Kier alpha value is -1.31. The van der Waals surface area contributed by atoms with Gasteiger partial charge in [0.1, 0.15) is 5.75 Å². The topological polar surface area (TPSA) is 86.7 Å². The van der Waals surface area contributed by atoms with Crippen molar-refractivity contribution in [3.05, 3.63) is 28.8 Å². The van der Waals surface area contributed by atoms with Crippen molar-refractivity contribution in [1.82, 2.24) is 9.62 Å². The molecule has 0 radical (unpaired) electrons. The van der Waals surface area contributed by atoms with E-state index in [0.29, 0.717) is 19.4 Å². The number of benzene rings is 1. The van der Waals surface area contributed by atoms with Crippen LogP contribution in [-0.4, -0.2) is 49.1 Å². The van der Waals surface area contributed by atoms with Crippen molar-refractivity contribution < 1.29 is 18.3 Å². The van der Waals surface area contributed by atoms with Gasteiger partial charge in [-0.05, 0) is 25.0 Å². The van der Waals surface area contributed by atoms with Crippen molar-refractivity contribution in [1.29, 1.82) is 0 Å². The van der Waals surface area contributed by atoms with Gasteiger partial charge in [-0.15, -0.1) is 0 Å². The maximum absolute atomic E-state index is 12.2. The number of carbonyl (C=O) groups excluding carboxylic acids is 1. The Bertz CT molecular complexity index is 627. The zero-order valence-corrected chi connectivity index (χ0v) is 13.1. The van der Waals surface area contributed by atoms with Gasteiger partial charge < -0.3 is 10.4 Å². The highest BCUT2D eigenvalue weighted by atomic mass is 35.5. The lowest BCUT2D eigenvalue weighted by molar-refractivity contribution is 0.0919. The highest BCUT2D eigenvalue weighted by Gasteiger charge is 2.28. The molecule has 0 saturated carbocycles. The van der Waals surface area contributed by atoms with E-state index < -0.39 is 15.9 Å². The molecule has 1 unspecified atom stereocenters. The molecule has 0 aromatic heterocycles. The molecule has 8 heteroatoms. The number of halogens is 1. The van der Waals surface area contributed by atoms with Crippen LogP contribution in [-0.2, 0) is 10.0 Å². The summed E-state index contributed by atoms with van der Waals surface area (Å²) < 4.78 is 24.4. The van der Waals surface area contributed by atoms with Crippen molar-refractivity contribution >= 4 is 27.5 Å². The first-order valence-electron chi connectivity index (χ1n) is 6.52. The Kier molecular flexibility index (Phi) is 4.75. The monoisotopic (exact) mass is 332 g/mol. The normalized spacial score (nSPS) is 20.2. The molecule has 1 fully saturated rings. The van der Waals surface area contributed by atoms with E-state index in [4.69, 9.17) is 11.6 Å². The molecule has 0 spiro atoms. The van der Waals surface area contributed by atoms with Crippen molar-refractivity contribution in [2.24, 2.45) is 0 Å². The van der Waals surface area contributed by atoms with Crippen molar-refractivity contribution in [3.8, 4) is 5.75 Å². The lowest BCUT2D eigenvalue weighted by Crippen LogP contribution is -2.49. The van der Waals surface area contributed by atoms with E-state index in [-0.39, 0.29) is 28.9 Å². The Labute approximate surface area is 128 Å². The first kappa shape index (κ1) is 16.1. The molecule has 2 rings (SSSR count). The fourth-order valence-electron chi connectivity index (χ4n) is 2.36. The van der Waals surface area contributed by atoms with Gasteiger partial charge in [0, 0.05) is 19.1 Å². The SMILES string of the molecule is CS(=O)(=O)N1CCCC(NC(=O)c2c(O)cccc2Cl)C1. The maximum Gasteiger partial charge on any atom is 0.256 e. The molecule has 1 aliphatic heterocycles. The van der Waals surface area contributed by atoms with E-state index in [1.807, 2.05) is 0 Å². The number of sulfonamides is 1. The van der Waals surface area contributed by atoms with Crippen molar-refractivity contribution in [3.63, 3.8) is 0 Å². The van der Waals surface area contributed by atoms with Crippen LogP contribution in [0.15, 0.2) is 18.2 Å². The molecular formula is C13H17ClN2O4S. The number of piperidine rings is 1. The minimum Gasteiger partial charge on any atom is -0.507 e. The minimum absolute atomic E-state index is 0.00986. The van der Waals surface area contributed by atoms with E-state index in [1.54, 1.807) is 6.07 Å². The predicted molar refractivity (Wildman–Crippen MR) is 80.0 cm³/mol. The first-order valence-corrected chi connectivity index (χ1v) is 8.75. The van der Waals surface area contributed by atoms with Crippen LogP contribution in [0.25, 0.3) is 0 Å². The van der Waals surface area contributed by atoms with Gasteiger partial charge in [-0.1, -0.05) is 17.7 Å². The summed E-state index contributed by atoms with van der Waals surface area (Å²) in [5.41, 5.74) is 0.00986. The molecule has 0 bridgehead atoms. The van der Waals surface area contributed by atoms with E-state index in [9.17, 15) is 18.3 Å². The molecule has 1 saturated heterocycles. The van der Waals surface area contributed by atoms with Gasteiger partial charge in [-0.2, -0.15) is 0 Å². The smallest absolute Gasteiger partial charge is 0.256 e. The average molecular weight is 333 g/mol. The molecule has 6 nitrogen and oxygen atoms in total. The highest BCUT2D eigenvalue weighted by Crippen LogP contribution is 2.25. The van der Waals surface area contributed by atoms with Crippen LogP contribution in [0, 0.1) is 0 Å². The van der Waals surface area contributed by atoms with Crippen LogP contribution in [0.4, 0.5) is 0 Å². The van der Waals surface area contributed by atoms with Crippen LogP contribution >= 0.6 is 11.6 Å². The van der Waals surface area contributed by atoms with Crippen LogP contribution in [0.2, 0.25) is 5.02 Å². The van der Waals surface area contributed by atoms with Gasteiger partial charge in [0.15, 0.2) is 0 Å². The lowest BCUT2D eigenvalue weighted by Gasteiger charge is -2.31. The number of rotatable bonds is 3. The van der Waals surface area contributed by atoms with Gasteiger partial charge >= 0.3 is 0 Å². The largest absolute Gasteiger partial charge is 0.507 e. The van der Waals surface area contributed by atoms with Gasteiger partial charge in [0.2, 0.25) is 10.0 Å². The molecule has 0 aliphatic carbocycles. The summed E-state index contributed by atoms with van der Waals surface area (Å²) in [6.45, 7) is 0.693. The predicted octanol–water partition coefficient (Wildman–Crippen LogP) is 1.20. The van der Waals surface area contributed by atoms with Gasteiger partial charge in [-0.3, -0.25) is 4.79 Å². The third kappa shape index (κ3) is 3.87. The Morgan fingerprint density at radius 2 is 2.19 bits per heavy atom. The second-order valence-corrected chi connectivity index (χ2v) is 7.46. The molecule has 116 valence electrons. The standard InChI is InChI=1S/C13H17ClN2O4S/c1-21(19,20)16-7-3-4-9(8-16)15-13(18)12-10(14)5-2-6-11(12)17/h2,5-6,9,17H,3-4,7-8H2,1H3,(H,15,18). The number of carbonyl (C=O) groups is 1. The molecule has 1 atom stereocenters. The summed E-state index contributed by atoms with van der Waals surface area (Å²) in [5.74, 6) is -0.700. The molecular weight excluding hydrogens is 316 g/mol. The fourth-order valence-corrected chi connectivity index (χ4v) is 3.52. The second-order valence-electron chi connectivity index (χ2n) is 5.07. The zero-order valence-electron chi connectivity index (χ0n) is 11.5. The second kappa shape index (κ2) is 6.21. The summed E-state index contributed by atoms with van der Waals surface area (Å²) in [5, 5.41) is 12.6. The number of nitrogens with one attached hydrogen (secondary N) is 1. The zero-order chi connectivity index (χ0) is 15.6. The number of amides is 1. The fraction of sp³-hybridized carbons (Fsp3) is 0.462. The Morgan fingerprint density at radius 3 is 2.81 bits per heavy atom. The van der Waals surface area contributed by atoms with Crippen LogP contribution < -0.4 is 5.32 Å². The van der Waals surface area contributed by atoms with Crippen LogP contribution in [0.1, 0.15) is 23.2 Å². The summed E-state index contributed by atoms with van der Waals surface area (Å²) in [7, 11) is -3.27. The van der Waals surface area contributed by atoms with Crippen molar-refractivity contribution in [2.45, 2.75) is 18.9 Å². The molecule has 1 heterocycles. The van der Waals surface area contributed by atoms with E-state index in [1.165, 1.54) is 16.4 Å². The lowest BCUT2D eigenvalue weighted by atomic mass is 10.1. The van der Waals surface area contributed by atoms with Crippen molar-refractivity contribution in [2.75, 3.05) is 19.3 Å². The van der Waals surface area contributed by atoms with Gasteiger partial charge in [0.25, 0.3) is 5.91 Å². The Morgan fingerprint density at radius 1 is 1.48 bits per heavy atom. The quantitative estimate of drug-likeness (QED) is 0.870. The molecule has 1 aromatic rings. The van der Waals surface area contributed by atoms with Gasteiger partial charge in [0.05, 0.1) is 16.8 Å². The van der Waals surface area contributed by atoms with E-state index in [2.05, 4.69) is 5.32 Å². The maximum atomic E-state index is 12.2. The van der Waals surface area contributed by atoms with Crippen LogP contribution in [0.3, 0.4) is 0 Å². The summed E-state index contributed by atoms with van der Waals surface area (Å²) >= 11 is 5.92. The molecule has 1 aromatic carbocycles. The number of phenols is 1. The van der Waals surface area contributed by atoms with Gasteiger partial charge in [-0.25, -0.2) is 12.7 Å². The molecule has 21 heavy (non-hydrogen) atoms. The third-order valence-corrected chi connectivity index (χ3v) is 4.99. The number of hydrogen-bond acceptors (Lipinski definition) is 4. The average Bonchev–Trinajstić information content (AvgIpc) is 2.37. The minimum atomic E-state index is -3.27.